The Kier molecular flexibility index (Phi) is 8.06. The molecule has 172 valence electrons. The van der Waals surface area contributed by atoms with E-state index in [0.29, 0.717) is 23.1 Å². The van der Waals surface area contributed by atoms with Crippen LogP contribution in [0.25, 0.3) is 17.2 Å². The van der Waals surface area contributed by atoms with Gasteiger partial charge in [0, 0.05) is 16.5 Å². The van der Waals surface area contributed by atoms with Gasteiger partial charge in [-0.3, -0.25) is 4.79 Å². The van der Waals surface area contributed by atoms with Crippen molar-refractivity contribution >= 4 is 34.3 Å². The van der Waals surface area contributed by atoms with Crippen molar-refractivity contribution in [3.05, 3.63) is 76.2 Å². The maximum Gasteiger partial charge on any atom is 0.341 e. The smallest absolute Gasteiger partial charge is 0.341 e. The highest BCUT2D eigenvalue weighted by Gasteiger charge is 2.24. The molecule has 0 radical (unpaired) electrons. The second kappa shape index (κ2) is 11.0. The number of benzene rings is 2. The van der Waals surface area contributed by atoms with E-state index in [1.807, 2.05) is 50.2 Å². The van der Waals surface area contributed by atoms with Crippen LogP contribution < -0.4 is 10.1 Å². The summed E-state index contributed by atoms with van der Waals surface area (Å²) in [5, 5.41) is 3.32. The number of amides is 1. The minimum absolute atomic E-state index is 0.312. The lowest BCUT2D eigenvalue weighted by Gasteiger charge is -2.09. The predicted molar refractivity (Wildman–Crippen MR) is 135 cm³/mol. The molecule has 0 aliphatic carbocycles. The third kappa shape index (κ3) is 5.90. The standard InChI is InChI=1S/C27H29NO4S/c1-6-32-22-14-12-21(13-15-22)24-18(4)33-26(25(24)27(30)31-5)28-23(29)16-9-19-7-10-20(11-8-19)17(2)3/h7-17H,6H2,1-5H3,(H,28,29)/b16-9+. The van der Waals surface area contributed by atoms with Gasteiger partial charge in [-0.25, -0.2) is 4.79 Å². The van der Waals surface area contributed by atoms with Gasteiger partial charge < -0.3 is 14.8 Å². The molecule has 0 aliphatic rings. The normalized spacial score (nSPS) is 11.1. The first kappa shape index (κ1) is 24.3. The molecule has 6 heteroatoms. The molecule has 0 saturated heterocycles. The summed E-state index contributed by atoms with van der Waals surface area (Å²) < 4.78 is 10.5. The highest BCUT2D eigenvalue weighted by Crippen LogP contribution is 2.40. The zero-order valence-electron chi connectivity index (χ0n) is 19.6. The van der Waals surface area contributed by atoms with Crippen molar-refractivity contribution in [2.24, 2.45) is 0 Å². The molecule has 0 unspecified atom stereocenters. The van der Waals surface area contributed by atoms with E-state index >= 15 is 0 Å². The van der Waals surface area contributed by atoms with Crippen LogP contribution in [0.1, 0.15) is 53.1 Å². The third-order valence-electron chi connectivity index (χ3n) is 5.19. The van der Waals surface area contributed by atoms with E-state index in [1.165, 1.54) is 30.1 Å². The lowest BCUT2D eigenvalue weighted by molar-refractivity contribution is -0.111. The molecule has 3 aromatic rings. The maximum absolute atomic E-state index is 12.6. The van der Waals surface area contributed by atoms with Crippen molar-refractivity contribution in [2.45, 2.75) is 33.6 Å². The fourth-order valence-corrected chi connectivity index (χ4v) is 4.55. The molecule has 33 heavy (non-hydrogen) atoms. The Morgan fingerprint density at radius 1 is 1.06 bits per heavy atom. The first-order valence-electron chi connectivity index (χ1n) is 10.9. The van der Waals surface area contributed by atoms with Crippen LogP contribution in [0.2, 0.25) is 0 Å². The fourth-order valence-electron chi connectivity index (χ4n) is 3.48. The molecule has 1 amide bonds. The summed E-state index contributed by atoms with van der Waals surface area (Å²) in [7, 11) is 1.34. The molecule has 1 heterocycles. The van der Waals surface area contributed by atoms with Crippen molar-refractivity contribution in [1.82, 2.24) is 0 Å². The molecule has 0 fully saturated rings. The van der Waals surface area contributed by atoms with Crippen LogP contribution in [-0.4, -0.2) is 25.6 Å². The quantitative estimate of drug-likeness (QED) is 0.299. The lowest BCUT2D eigenvalue weighted by atomic mass is 10.0. The van der Waals surface area contributed by atoms with Crippen LogP contribution >= 0.6 is 11.3 Å². The summed E-state index contributed by atoms with van der Waals surface area (Å²) in [5.74, 6) is 0.405. The van der Waals surface area contributed by atoms with Gasteiger partial charge in [0.25, 0.3) is 0 Å². The molecule has 2 aromatic carbocycles. The number of rotatable bonds is 8. The highest BCUT2D eigenvalue weighted by atomic mass is 32.1. The number of aryl methyl sites for hydroxylation is 1. The Morgan fingerprint density at radius 2 is 1.73 bits per heavy atom. The van der Waals surface area contributed by atoms with Crippen LogP contribution in [0.5, 0.6) is 5.75 Å². The fraction of sp³-hybridized carbons (Fsp3) is 0.259. The molecule has 5 nitrogen and oxygen atoms in total. The van der Waals surface area contributed by atoms with Crippen LogP contribution in [0, 0.1) is 6.92 Å². The highest BCUT2D eigenvalue weighted by molar-refractivity contribution is 7.17. The minimum Gasteiger partial charge on any atom is -0.494 e. The number of hydrogen-bond donors (Lipinski definition) is 1. The van der Waals surface area contributed by atoms with Gasteiger partial charge in [-0.15, -0.1) is 11.3 Å². The van der Waals surface area contributed by atoms with Crippen LogP contribution in [0.3, 0.4) is 0 Å². The summed E-state index contributed by atoms with van der Waals surface area (Å²) >= 11 is 1.35. The zero-order chi connectivity index (χ0) is 24.0. The SMILES string of the molecule is CCOc1ccc(-c2c(C)sc(NC(=O)/C=C/c3ccc(C(C)C)cc3)c2C(=O)OC)cc1. The summed E-state index contributed by atoms with van der Waals surface area (Å²) in [6, 6.07) is 15.6. The van der Waals surface area contributed by atoms with Gasteiger partial charge in [0.2, 0.25) is 5.91 Å². The van der Waals surface area contributed by atoms with E-state index in [-0.39, 0.29) is 5.91 Å². The van der Waals surface area contributed by atoms with E-state index in [1.54, 1.807) is 6.08 Å². The molecular weight excluding hydrogens is 434 g/mol. The maximum atomic E-state index is 12.6. The number of hydrogen-bond acceptors (Lipinski definition) is 5. The molecule has 0 aliphatic heterocycles. The predicted octanol–water partition coefficient (Wildman–Crippen LogP) is 6.68. The summed E-state index contributed by atoms with van der Waals surface area (Å²) in [6.07, 6.45) is 3.22. The van der Waals surface area contributed by atoms with Crippen LogP contribution in [0.4, 0.5) is 5.00 Å². The molecule has 1 N–H and O–H groups in total. The number of esters is 1. The molecule has 3 rings (SSSR count). The van der Waals surface area contributed by atoms with Gasteiger partial charge in [-0.05, 0) is 54.7 Å². The van der Waals surface area contributed by atoms with Crippen molar-refractivity contribution in [3.63, 3.8) is 0 Å². The van der Waals surface area contributed by atoms with E-state index in [0.717, 1.165) is 27.3 Å². The molecule has 0 atom stereocenters. The van der Waals surface area contributed by atoms with Gasteiger partial charge in [0.05, 0.1) is 13.7 Å². The van der Waals surface area contributed by atoms with Crippen molar-refractivity contribution in [2.75, 3.05) is 19.0 Å². The Morgan fingerprint density at radius 3 is 2.30 bits per heavy atom. The Balaban J connectivity index is 1.86. The van der Waals surface area contributed by atoms with Crippen LogP contribution in [0.15, 0.2) is 54.6 Å². The van der Waals surface area contributed by atoms with Gasteiger partial charge in [0.1, 0.15) is 16.3 Å². The average molecular weight is 464 g/mol. The number of carbonyl (C=O) groups is 2. The van der Waals surface area contributed by atoms with E-state index in [9.17, 15) is 9.59 Å². The van der Waals surface area contributed by atoms with Gasteiger partial charge in [-0.2, -0.15) is 0 Å². The van der Waals surface area contributed by atoms with Crippen molar-refractivity contribution in [3.8, 4) is 16.9 Å². The molecule has 1 aromatic heterocycles. The molecular formula is C27H29NO4S. The Hall–Kier alpha value is -3.38. The first-order chi connectivity index (χ1) is 15.8. The number of anilines is 1. The number of ether oxygens (including phenoxy) is 2. The largest absolute Gasteiger partial charge is 0.494 e. The van der Waals surface area contributed by atoms with Gasteiger partial charge in [-0.1, -0.05) is 50.2 Å². The van der Waals surface area contributed by atoms with Crippen molar-refractivity contribution in [1.29, 1.82) is 0 Å². The molecule has 0 spiro atoms. The van der Waals surface area contributed by atoms with Gasteiger partial charge in [0.15, 0.2) is 0 Å². The number of thiophene rings is 1. The summed E-state index contributed by atoms with van der Waals surface area (Å²) in [5.41, 5.74) is 4.13. The Labute approximate surface area is 199 Å². The number of carbonyl (C=O) groups excluding carboxylic acids is 2. The summed E-state index contributed by atoms with van der Waals surface area (Å²) in [6.45, 7) is 8.71. The first-order valence-corrected chi connectivity index (χ1v) is 11.7. The zero-order valence-corrected chi connectivity index (χ0v) is 20.4. The Bertz CT molecular complexity index is 1140. The third-order valence-corrected chi connectivity index (χ3v) is 6.22. The second-order valence-electron chi connectivity index (χ2n) is 7.83. The molecule has 0 saturated carbocycles. The van der Waals surface area contributed by atoms with Crippen LogP contribution in [-0.2, 0) is 9.53 Å². The average Bonchev–Trinajstić information content (AvgIpc) is 3.13. The second-order valence-corrected chi connectivity index (χ2v) is 9.06. The number of methoxy groups -OCH3 is 1. The van der Waals surface area contributed by atoms with Crippen molar-refractivity contribution < 1.29 is 19.1 Å². The van der Waals surface area contributed by atoms with Gasteiger partial charge >= 0.3 is 5.97 Å². The topological polar surface area (TPSA) is 64.6 Å². The minimum atomic E-state index is -0.494. The molecule has 0 bridgehead atoms. The number of nitrogens with one attached hydrogen (secondary N) is 1. The lowest BCUT2D eigenvalue weighted by Crippen LogP contribution is -2.11. The monoisotopic (exact) mass is 463 g/mol. The van der Waals surface area contributed by atoms with E-state index in [4.69, 9.17) is 9.47 Å². The van der Waals surface area contributed by atoms with E-state index < -0.39 is 5.97 Å². The van der Waals surface area contributed by atoms with E-state index in [2.05, 4.69) is 31.3 Å². The summed E-state index contributed by atoms with van der Waals surface area (Å²) in [4.78, 5) is 26.2.